The highest BCUT2D eigenvalue weighted by Gasteiger charge is 2.35. The average Bonchev–Trinajstić information content (AvgIpc) is 2.61. The molecule has 2 nitrogen and oxygen atoms in total. The van der Waals surface area contributed by atoms with Gasteiger partial charge >= 0.3 is 0 Å². The number of imidazole rings is 1. The summed E-state index contributed by atoms with van der Waals surface area (Å²) in [4.78, 5) is 3.12. The van der Waals surface area contributed by atoms with Gasteiger partial charge in [0.25, 0.3) is 0 Å². The summed E-state index contributed by atoms with van der Waals surface area (Å²) in [7, 11) is 0. The van der Waals surface area contributed by atoms with Gasteiger partial charge in [-0.1, -0.05) is 24.9 Å². The van der Waals surface area contributed by atoms with Crippen molar-refractivity contribution in [3.8, 4) is 0 Å². The van der Waals surface area contributed by atoms with Gasteiger partial charge in [-0.2, -0.15) is 0 Å². The molecule has 0 radical (unpaired) electrons. The van der Waals surface area contributed by atoms with Crippen molar-refractivity contribution in [2.75, 3.05) is 0 Å². The second kappa shape index (κ2) is 4.60. The van der Waals surface area contributed by atoms with E-state index in [9.17, 15) is 4.39 Å². The molecule has 1 saturated carbocycles. The SMILES string of the molecule is CCC1(Cn2c(=S)[nH]c3cc(Cl)c(F)cc32)CCC1. The van der Waals surface area contributed by atoms with Gasteiger partial charge in [0, 0.05) is 12.6 Å². The van der Waals surface area contributed by atoms with Gasteiger partial charge in [-0.3, -0.25) is 0 Å². The lowest BCUT2D eigenvalue weighted by molar-refractivity contribution is 0.101. The van der Waals surface area contributed by atoms with Crippen LogP contribution >= 0.6 is 23.8 Å². The van der Waals surface area contributed by atoms with E-state index in [1.165, 1.54) is 25.3 Å². The molecular formula is C14H16ClFN2S. The number of benzene rings is 1. The lowest BCUT2D eigenvalue weighted by Crippen LogP contribution is -2.33. The van der Waals surface area contributed by atoms with Gasteiger partial charge in [-0.05, 0) is 43.0 Å². The molecule has 5 heteroatoms. The van der Waals surface area contributed by atoms with Crippen molar-refractivity contribution in [2.45, 2.75) is 39.2 Å². The summed E-state index contributed by atoms with van der Waals surface area (Å²) in [5.74, 6) is -0.393. The van der Waals surface area contributed by atoms with Crippen LogP contribution in [0.4, 0.5) is 4.39 Å². The van der Waals surface area contributed by atoms with Crippen LogP contribution in [0.1, 0.15) is 32.6 Å². The Morgan fingerprint density at radius 1 is 1.47 bits per heavy atom. The lowest BCUT2D eigenvalue weighted by Gasteiger charge is -2.41. The van der Waals surface area contributed by atoms with Gasteiger partial charge in [0.2, 0.25) is 0 Å². The number of fused-ring (bicyclic) bond motifs is 1. The largest absolute Gasteiger partial charge is 0.331 e. The Balaban J connectivity index is 2.10. The van der Waals surface area contributed by atoms with Crippen molar-refractivity contribution in [1.82, 2.24) is 9.55 Å². The number of rotatable bonds is 3. The highest BCUT2D eigenvalue weighted by molar-refractivity contribution is 7.71. The van der Waals surface area contributed by atoms with Gasteiger partial charge in [-0.25, -0.2) is 4.39 Å². The maximum absolute atomic E-state index is 13.7. The first-order valence-corrected chi connectivity index (χ1v) is 7.41. The quantitative estimate of drug-likeness (QED) is 0.784. The van der Waals surface area contributed by atoms with E-state index >= 15 is 0 Å². The Morgan fingerprint density at radius 2 is 2.21 bits per heavy atom. The number of halogens is 2. The Labute approximate surface area is 121 Å². The van der Waals surface area contributed by atoms with Crippen LogP contribution in [-0.2, 0) is 6.54 Å². The Bertz CT molecular complexity index is 679. The molecule has 0 aliphatic heterocycles. The molecular weight excluding hydrogens is 283 g/mol. The second-order valence-electron chi connectivity index (χ2n) is 5.51. The van der Waals surface area contributed by atoms with E-state index in [4.69, 9.17) is 23.8 Å². The van der Waals surface area contributed by atoms with Crippen LogP contribution in [0.25, 0.3) is 11.0 Å². The van der Waals surface area contributed by atoms with E-state index in [0.717, 1.165) is 24.0 Å². The van der Waals surface area contributed by atoms with Gasteiger partial charge < -0.3 is 9.55 Å². The van der Waals surface area contributed by atoms with Gasteiger partial charge in [0.1, 0.15) is 5.82 Å². The summed E-state index contributed by atoms with van der Waals surface area (Å²) < 4.78 is 16.3. The van der Waals surface area contributed by atoms with Crippen molar-refractivity contribution < 1.29 is 4.39 Å². The van der Waals surface area contributed by atoms with Crippen molar-refractivity contribution in [2.24, 2.45) is 5.41 Å². The zero-order valence-corrected chi connectivity index (χ0v) is 12.4. The van der Waals surface area contributed by atoms with Crippen LogP contribution in [0.15, 0.2) is 12.1 Å². The lowest BCUT2D eigenvalue weighted by atomic mass is 9.67. The molecule has 1 heterocycles. The number of hydrogen-bond acceptors (Lipinski definition) is 1. The summed E-state index contributed by atoms with van der Waals surface area (Å²) in [5.41, 5.74) is 1.96. The molecule has 0 atom stereocenters. The van der Waals surface area contributed by atoms with Crippen LogP contribution in [0.5, 0.6) is 0 Å². The number of H-pyrrole nitrogens is 1. The topological polar surface area (TPSA) is 20.7 Å². The number of aromatic amines is 1. The molecule has 1 aliphatic carbocycles. The molecule has 3 rings (SSSR count). The van der Waals surface area contributed by atoms with E-state index in [1.807, 2.05) is 4.57 Å². The average molecular weight is 299 g/mol. The Hall–Kier alpha value is -0.870. The molecule has 1 aromatic carbocycles. The molecule has 0 spiro atoms. The highest BCUT2D eigenvalue weighted by Crippen LogP contribution is 2.45. The molecule has 1 aliphatic rings. The molecule has 0 bridgehead atoms. The zero-order chi connectivity index (χ0) is 13.6. The fourth-order valence-electron chi connectivity index (χ4n) is 2.94. The monoisotopic (exact) mass is 298 g/mol. The van der Waals surface area contributed by atoms with E-state index in [2.05, 4.69) is 11.9 Å². The summed E-state index contributed by atoms with van der Waals surface area (Å²) >= 11 is 11.2. The third-order valence-electron chi connectivity index (χ3n) is 4.47. The molecule has 1 aromatic heterocycles. The van der Waals surface area contributed by atoms with Crippen molar-refractivity contribution in [3.63, 3.8) is 0 Å². The van der Waals surface area contributed by atoms with Crippen LogP contribution in [0.3, 0.4) is 0 Å². The molecule has 1 fully saturated rings. The summed E-state index contributed by atoms with van der Waals surface area (Å²) in [6, 6.07) is 3.09. The van der Waals surface area contributed by atoms with Gasteiger partial charge in [-0.15, -0.1) is 0 Å². The van der Waals surface area contributed by atoms with E-state index in [1.54, 1.807) is 6.07 Å². The van der Waals surface area contributed by atoms with Crippen molar-refractivity contribution >= 4 is 34.9 Å². The molecule has 0 unspecified atom stereocenters. The predicted molar refractivity (Wildman–Crippen MR) is 78.7 cm³/mol. The maximum Gasteiger partial charge on any atom is 0.178 e. The summed E-state index contributed by atoms with van der Waals surface area (Å²) in [5, 5.41) is 0.129. The minimum atomic E-state index is -0.393. The molecule has 102 valence electrons. The van der Waals surface area contributed by atoms with Crippen molar-refractivity contribution in [1.29, 1.82) is 0 Å². The predicted octanol–water partition coefficient (Wildman–Crippen LogP) is 5.07. The first-order valence-electron chi connectivity index (χ1n) is 6.62. The smallest absolute Gasteiger partial charge is 0.178 e. The van der Waals surface area contributed by atoms with Crippen LogP contribution < -0.4 is 0 Å². The maximum atomic E-state index is 13.7. The fraction of sp³-hybridized carbons (Fsp3) is 0.500. The Kier molecular flexibility index (Phi) is 3.18. The zero-order valence-electron chi connectivity index (χ0n) is 10.8. The first-order chi connectivity index (χ1) is 9.04. The van der Waals surface area contributed by atoms with Crippen LogP contribution in [0.2, 0.25) is 5.02 Å². The van der Waals surface area contributed by atoms with Crippen LogP contribution in [-0.4, -0.2) is 9.55 Å². The third kappa shape index (κ3) is 2.11. The Morgan fingerprint density at radius 3 is 2.79 bits per heavy atom. The highest BCUT2D eigenvalue weighted by atomic mass is 35.5. The van der Waals surface area contributed by atoms with E-state index in [0.29, 0.717) is 10.2 Å². The number of hydrogen-bond donors (Lipinski definition) is 1. The number of nitrogens with zero attached hydrogens (tertiary/aromatic N) is 1. The minimum Gasteiger partial charge on any atom is -0.331 e. The summed E-state index contributed by atoms with van der Waals surface area (Å²) in [6.45, 7) is 3.08. The molecule has 0 saturated heterocycles. The second-order valence-corrected chi connectivity index (χ2v) is 6.30. The third-order valence-corrected chi connectivity index (χ3v) is 5.09. The van der Waals surface area contributed by atoms with E-state index in [-0.39, 0.29) is 5.02 Å². The molecule has 0 amide bonds. The van der Waals surface area contributed by atoms with E-state index < -0.39 is 5.82 Å². The minimum absolute atomic E-state index is 0.129. The first kappa shape index (κ1) is 13.1. The van der Waals surface area contributed by atoms with Gasteiger partial charge in [0.15, 0.2) is 4.77 Å². The standard InChI is InChI=1S/C14H16ClFN2S/c1-2-14(4-3-5-14)8-18-12-7-10(16)9(15)6-11(12)17-13(18)19/h6-7H,2-5,8H2,1H3,(H,17,19). The number of nitrogens with one attached hydrogen (secondary N) is 1. The normalized spacial score (nSPS) is 17.6. The number of aromatic nitrogens is 2. The molecule has 19 heavy (non-hydrogen) atoms. The van der Waals surface area contributed by atoms with Crippen molar-refractivity contribution in [3.05, 3.63) is 27.7 Å². The van der Waals surface area contributed by atoms with Crippen LogP contribution in [0, 0.1) is 16.0 Å². The van der Waals surface area contributed by atoms with Gasteiger partial charge in [0.05, 0.1) is 16.1 Å². The fourth-order valence-corrected chi connectivity index (χ4v) is 3.38. The summed E-state index contributed by atoms with van der Waals surface area (Å²) in [6.07, 6.45) is 4.88. The molecule has 2 aromatic rings. The molecule has 1 N–H and O–H groups in total.